The number of hydrogen-bond donors (Lipinski definition) is 1. The Balaban J connectivity index is 1.37. The Morgan fingerprint density at radius 2 is 1.79 bits per heavy atom. The van der Waals surface area contributed by atoms with Crippen LogP contribution < -0.4 is 9.80 Å². The first-order valence-electron chi connectivity index (χ1n) is 12.8. The summed E-state index contributed by atoms with van der Waals surface area (Å²) in [5.41, 5.74) is 4.33. The molecule has 1 aliphatic rings. The standard InChI is InChI=1S/C30H28N4O4S/c1-33(29(38)22(17-28(36)37)16-20-8-3-2-4-9-20)30-32-25(19-39-30)24-11-6-5-10-23(24)21-13-14-26(31-18-21)34-15-7-12-27(34)35/h2-6,8-11,13-14,18-19,22H,7,12,15-17H2,1H3,(H,36,37). The van der Waals surface area contributed by atoms with Gasteiger partial charge in [-0.3, -0.25) is 24.2 Å². The highest BCUT2D eigenvalue weighted by atomic mass is 32.1. The predicted molar refractivity (Wildman–Crippen MR) is 152 cm³/mol. The number of carboxylic acid groups (broad SMARTS) is 1. The van der Waals surface area contributed by atoms with E-state index in [2.05, 4.69) is 4.98 Å². The van der Waals surface area contributed by atoms with Gasteiger partial charge in [0.05, 0.1) is 18.0 Å². The van der Waals surface area contributed by atoms with E-state index in [9.17, 15) is 19.5 Å². The largest absolute Gasteiger partial charge is 0.481 e. The highest BCUT2D eigenvalue weighted by Gasteiger charge is 2.28. The van der Waals surface area contributed by atoms with Gasteiger partial charge in [0.25, 0.3) is 0 Å². The molecule has 0 bridgehead atoms. The Bertz CT molecular complexity index is 1490. The molecule has 1 aliphatic heterocycles. The van der Waals surface area contributed by atoms with Crippen LogP contribution in [0.2, 0.25) is 0 Å². The number of amides is 2. The number of nitrogens with zero attached hydrogens (tertiary/aromatic N) is 4. The van der Waals surface area contributed by atoms with Crippen molar-refractivity contribution in [2.24, 2.45) is 5.92 Å². The number of benzene rings is 2. The number of rotatable bonds is 9. The summed E-state index contributed by atoms with van der Waals surface area (Å²) >= 11 is 1.33. The number of carbonyl (C=O) groups excluding carboxylic acids is 2. The van der Waals surface area contributed by atoms with Crippen molar-refractivity contribution < 1.29 is 19.5 Å². The van der Waals surface area contributed by atoms with Crippen LogP contribution in [0.15, 0.2) is 78.3 Å². The number of carbonyl (C=O) groups is 3. The van der Waals surface area contributed by atoms with Gasteiger partial charge < -0.3 is 5.11 Å². The minimum absolute atomic E-state index is 0.0960. The second-order valence-corrected chi connectivity index (χ2v) is 10.3. The average Bonchev–Trinajstić information content (AvgIpc) is 3.62. The highest BCUT2D eigenvalue weighted by molar-refractivity contribution is 7.14. The van der Waals surface area contributed by atoms with E-state index < -0.39 is 11.9 Å². The van der Waals surface area contributed by atoms with Gasteiger partial charge in [-0.1, -0.05) is 54.6 Å². The van der Waals surface area contributed by atoms with Gasteiger partial charge in [-0.05, 0) is 36.1 Å². The lowest BCUT2D eigenvalue weighted by Crippen LogP contribution is -2.35. The molecule has 0 spiro atoms. The quantitative estimate of drug-likeness (QED) is 0.309. The average molecular weight is 541 g/mol. The monoisotopic (exact) mass is 540 g/mol. The molecule has 2 amide bonds. The molecule has 3 heterocycles. The molecule has 2 aromatic heterocycles. The van der Waals surface area contributed by atoms with Crippen molar-refractivity contribution in [1.29, 1.82) is 0 Å². The van der Waals surface area contributed by atoms with Crippen molar-refractivity contribution in [3.8, 4) is 22.4 Å². The van der Waals surface area contributed by atoms with Crippen LogP contribution in [0.1, 0.15) is 24.8 Å². The summed E-state index contributed by atoms with van der Waals surface area (Å²) in [6.07, 6.45) is 3.24. The van der Waals surface area contributed by atoms with Crippen LogP contribution in [0.4, 0.5) is 10.9 Å². The third kappa shape index (κ3) is 5.88. The summed E-state index contributed by atoms with van der Waals surface area (Å²) in [6, 6.07) is 21.1. The van der Waals surface area contributed by atoms with E-state index in [0.29, 0.717) is 36.0 Å². The van der Waals surface area contributed by atoms with Gasteiger partial charge in [0.15, 0.2) is 5.13 Å². The van der Waals surface area contributed by atoms with Crippen molar-refractivity contribution in [2.45, 2.75) is 25.7 Å². The van der Waals surface area contributed by atoms with Crippen LogP contribution >= 0.6 is 11.3 Å². The molecule has 1 fully saturated rings. The summed E-state index contributed by atoms with van der Waals surface area (Å²) in [4.78, 5) is 49.4. The van der Waals surface area contributed by atoms with Crippen molar-refractivity contribution >= 4 is 40.1 Å². The molecular weight excluding hydrogens is 512 g/mol. The maximum Gasteiger partial charge on any atom is 0.304 e. The fraction of sp³-hybridized carbons (Fsp3) is 0.233. The molecule has 39 heavy (non-hydrogen) atoms. The molecule has 9 heteroatoms. The first kappa shape index (κ1) is 26.2. The zero-order valence-electron chi connectivity index (χ0n) is 21.5. The second-order valence-electron chi connectivity index (χ2n) is 9.50. The molecule has 2 aromatic carbocycles. The van der Waals surface area contributed by atoms with Crippen molar-refractivity contribution in [2.75, 3.05) is 23.4 Å². The first-order valence-corrected chi connectivity index (χ1v) is 13.6. The van der Waals surface area contributed by atoms with E-state index in [4.69, 9.17) is 4.98 Å². The molecule has 0 saturated carbocycles. The van der Waals surface area contributed by atoms with Crippen LogP contribution in [0.5, 0.6) is 0 Å². The van der Waals surface area contributed by atoms with Crippen LogP contribution in [0, 0.1) is 5.92 Å². The number of anilines is 2. The summed E-state index contributed by atoms with van der Waals surface area (Å²) in [6.45, 7) is 0.689. The van der Waals surface area contributed by atoms with Crippen molar-refractivity contribution in [3.05, 3.63) is 83.9 Å². The van der Waals surface area contributed by atoms with Gasteiger partial charge in [-0.15, -0.1) is 11.3 Å². The molecule has 0 radical (unpaired) electrons. The number of aromatic nitrogens is 2. The third-order valence-electron chi connectivity index (χ3n) is 6.82. The summed E-state index contributed by atoms with van der Waals surface area (Å²) in [5, 5.41) is 11.8. The van der Waals surface area contributed by atoms with E-state index in [1.807, 2.05) is 72.1 Å². The van der Waals surface area contributed by atoms with Gasteiger partial charge in [0.1, 0.15) is 5.82 Å². The van der Waals surface area contributed by atoms with E-state index in [0.717, 1.165) is 28.7 Å². The Morgan fingerprint density at radius 1 is 1.05 bits per heavy atom. The number of thiazole rings is 1. The molecule has 1 atom stereocenters. The van der Waals surface area contributed by atoms with E-state index in [1.165, 1.54) is 16.2 Å². The van der Waals surface area contributed by atoms with Crippen LogP contribution in [0.25, 0.3) is 22.4 Å². The van der Waals surface area contributed by atoms with Gasteiger partial charge in [-0.2, -0.15) is 0 Å². The normalized spacial score (nSPS) is 13.9. The van der Waals surface area contributed by atoms with Gasteiger partial charge in [0, 0.05) is 42.7 Å². The molecule has 5 rings (SSSR count). The lowest BCUT2D eigenvalue weighted by atomic mass is 9.95. The molecule has 198 valence electrons. The zero-order chi connectivity index (χ0) is 27.4. The van der Waals surface area contributed by atoms with E-state index >= 15 is 0 Å². The predicted octanol–water partition coefficient (Wildman–Crippen LogP) is 5.30. The Morgan fingerprint density at radius 3 is 2.46 bits per heavy atom. The lowest BCUT2D eigenvalue weighted by Gasteiger charge is -2.21. The number of aliphatic carboxylic acids is 1. The summed E-state index contributed by atoms with van der Waals surface area (Å²) < 4.78 is 0. The summed E-state index contributed by atoms with van der Waals surface area (Å²) in [5.74, 6) is -1.26. The zero-order valence-corrected chi connectivity index (χ0v) is 22.3. The second kappa shape index (κ2) is 11.6. The van der Waals surface area contributed by atoms with Crippen LogP contribution in [-0.2, 0) is 20.8 Å². The molecule has 4 aromatic rings. The number of pyridine rings is 1. The minimum Gasteiger partial charge on any atom is -0.481 e. The van der Waals surface area contributed by atoms with Crippen molar-refractivity contribution in [3.63, 3.8) is 0 Å². The molecule has 1 N–H and O–H groups in total. The van der Waals surface area contributed by atoms with E-state index in [1.54, 1.807) is 18.1 Å². The fourth-order valence-electron chi connectivity index (χ4n) is 4.82. The Labute approximate surface area is 230 Å². The van der Waals surface area contributed by atoms with Crippen LogP contribution in [-0.4, -0.2) is 46.5 Å². The highest BCUT2D eigenvalue weighted by Crippen LogP contribution is 2.35. The third-order valence-corrected chi connectivity index (χ3v) is 7.73. The van der Waals surface area contributed by atoms with Gasteiger partial charge in [0.2, 0.25) is 11.8 Å². The van der Waals surface area contributed by atoms with E-state index in [-0.39, 0.29) is 18.2 Å². The van der Waals surface area contributed by atoms with Gasteiger partial charge >= 0.3 is 5.97 Å². The summed E-state index contributed by atoms with van der Waals surface area (Å²) in [7, 11) is 1.64. The molecule has 1 saturated heterocycles. The molecule has 1 unspecified atom stereocenters. The topological polar surface area (TPSA) is 104 Å². The minimum atomic E-state index is -1.01. The molecular formula is C30H28N4O4S. The maximum absolute atomic E-state index is 13.4. The fourth-order valence-corrected chi connectivity index (χ4v) is 5.62. The Kier molecular flexibility index (Phi) is 7.79. The number of carboxylic acids is 1. The Hall–Kier alpha value is -4.37. The molecule has 0 aliphatic carbocycles. The van der Waals surface area contributed by atoms with Crippen LogP contribution in [0.3, 0.4) is 0 Å². The number of hydrogen-bond acceptors (Lipinski definition) is 6. The smallest absolute Gasteiger partial charge is 0.304 e. The molecule has 8 nitrogen and oxygen atoms in total. The maximum atomic E-state index is 13.4. The van der Waals surface area contributed by atoms with Crippen molar-refractivity contribution in [1.82, 2.24) is 9.97 Å². The first-order chi connectivity index (χ1) is 18.9. The SMILES string of the molecule is CN(C(=O)C(CC(=O)O)Cc1ccccc1)c1nc(-c2ccccc2-c2ccc(N3CCCC3=O)nc2)cs1. The lowest BCUT2D eigenvalue weighted by molar-refractivity contribution is -0.140. The van der Waals surface area contributed by atoms with Gasteiger partial charge in [-0.25, -0.2) is 9.97 Å².